The van der Waals surface area contributed by atoms with Crippen LogP contribution in [-0.2, 0) is 25.3 Å². The largest absolute Gasteiger partial charge is 0.466 e. The Bertz CT molecular complexity index is 749. The number of carbonyl (C=O) groups excluding carboxylic acids is 2. The third kappa shape index (κ3) is 5.58. The highest BCUT2D eigenvalue weighted by molar-refractivity contribution is 6.74. The summed E-state index contributed by atoms with van der Waals surface area (Å²) < 4.78 is 9.85. The van der Waals surface area contributed by atoms with E-state index >= 15 is 0 Å². The summed E-state index contributed by atoms with van der Waals surface area (Å²) in [4.78, 5) is 27.1. The fourth-order valence-electron chi connectivity index (χ4n) is 3.31. The van der Waals surface area contributed by atoms with Crippen LogP contribution in [0.25, 0.3) is 0 Å². The van der Waals surface area contributed by atoms with Crippen LogP contribution < -0.4 is 0 Å². The number of amides is 1. The van der Waals surface area contributed by atoms with E-state index in [0.717, 1.165) is 5.56 Å². The van der Waals surface area contributed by atoms with Crippen molar-refractivity contribution in [2.45, 2.75) is 69.2 Å². The fourth-order valence-corrected chi connectivity index (χ4v) is 4.99. The zero-order valence-corrected chi connectivity index (χ0v) is 21.2. The van der Waals surface area contributed by atoms with Gasteiger partial charge in [0.2, 0.25) is 4.33 Å². The normalized spacial score (nSPS) is 21.7. The molecule has 30 heavy (non-hydrogen) atoms. The van der Waals surface area contributed by atoms with Crippen molar-refractivity contribution in [1.82, 2.24) is 4.90 Å². The Hall–Kier alpha value is -1.08. The lowest BCUT2D eigenvalue weighted by Gasteiger charge is -2.38. The number of likely N-dealkylation sites (tertiary alicyclic amines) is 1. The summed E-state index contributed by atoms with van der Waals surface area (Å²) in [6.45, 7) is 13.4. The minimum Gasteiger partial charge on any atom is -0.466 e. The van der Waals surface area contributed by atoms with Gasteiger partial charge in [-0.05, 0) is 30.6 Å². The van der Waals surface area contributed by atoms with Crippen LogP contribution in [0, 0.1) is 5.92 Å². The minimum atomic E-state index is -2.09. The SMILES string of the molecule is CCOC(=O)C[C@@H]1[C@H](CO[Si](C)(C)C(C)(C)C)N(Cc2ccccc2)C(=O)C1(Cl)Cl. The summed E-state index contributed by atoms with van der Waals surface area (Å²) in [7, 11) is -2.09. The molecule has 1 aliphatic rings. The van der Waals surface area contributed by atoms with Gasteiger partial charge in [0.15, 0.2) is 8.32 Å². The second-order valence-corrected chi connectivity index (χ2v) is 15.5. The first-order chi connectivity index (χ1) is 13.8. The quantitative estimate of drug-likeness (QED) is 0.297. The van der Waals surface area contributed by atoms with Crippen molar-refractivity contribution in [2.24, 2.45) is 5.92 Å². The molecule has 0 radical (unpaired) electrons. The standard InChI is InChI=1S/C22H33Cl2NO4Si/c1-7-28-19(26)13-17-18(15-29-30(5,6)21(2,3)4)25(20(27)22(17,23)24)14-16-11-9-8-10-12-16/h8-12,17-18H,7,13-15H2,1-6H3/t17-,18+/m1/s1. The van der Waals surface area contributed by atoms with Crippen LogP contribution in [0.5, 0.6) is 0 Å². The third-order valence-corrected chi connectivity index (χ3v) is 11.6. The second kappa shape index (κ2) is 9.59. The monoisotopic (exact) mass is 473 g/mol. The maximum absolute atomic E-state index is 13.2. The zero-order valence-electron chi connectivity index (χ0n) is 18.7. The van der Waals surface area contributed by atoms with Crippen LogP contribution in [-0.4, -0.2) is 48.7 Å². The summed E-state index contributed by atoms with van der Waals surface area (Å²) >= 11 is 13.1. The summed E-state index contributed by atoms with van der Waals surface area (Å²) in [6.07, 6.45) is -0.0383. The highest BCUT2D eigenvalue weighted by Gasteiger charge is 2.58. The van der Waals surface area contributed by atoms with Gasteiger partial charge in [-0.1, -0.05) is 74.3 Å². The summed E-state index contributed by atoms with van der Waals surface area (Å²) in [5.41, 5.74) is 0.962. The molecule has 2 atom stereocenters. The van der Waals surface area contributed by atoms with Crippen molar-refractivity contribution >= 4 is 43.4 Å². The zero-order chi connectivity index (χ0) is 22.7. The van der Waals surface area contributed by atoms with Gasteiger partial charge in [0.1, 0.15) is 0 Å². The molecule has 1 heterocycles. The van der Waals surface area contributed by atoms with E-state index in [1.807, 2.05) is 30.3 Å². The Morgan fingerprint density at radius 2 is 1.80 bits per heavy atom. The number of esters is 1. The first kappa shape index (κ1) is 25.2. The molecule has 0 aromatic heterocycles. The summed E-state index contributed by atoms with van der Waals surface area (Å²) in [6, 6.07) is 9.23. The molecule has 1 amide bonds. The predicted octanol–water partition coefficient (Wildman–Crippen LogP) is 5.16. The number of nitrogens with zero attached hydrogens (tertiary/aromatic N) is 1. The molecule has 0 N–H and O–H groups in total. The molecule has 5 nitrogen and oxygen atoms in total. The maximum atomic E-state index is 13.2. The number of rotatable bonds is 8. The molecule has 1 aromatic rings. The summed E-state index contributed by atoms with van der Waals surface area (Å²) in [5, 5.41) is 0.00945. The molecular formula is C22H33Cl2NO4Si. The Labute approximate surface area is 191 Å². The lowest BCUT2D eigenvalue weighted by molar-refractivity contribution is -0.144. The van der Waals surface area contributed by atoms with Gasteiger partial charge in [-0.25, -0.2) is 0 Å². The molecule has 1 aliphatic heterocycles. The van der Waals surface area contributed by atoms with E-state index in [4.69, 9.17) is 32.4 Å². The van der Waals surface area contributed by atoms with Crippen LogP contribution >= 0.6 is 23.2 Å². The van der Waals surface area contributed by atoms with Gasteiger partial charge in [0, 0.05) is 12.5 Å². The molecule has 8 heteroatoms. The van der Waals surface area contributed by atoms with E-state index in [-0.39, 0.29) is 24.7 Å². The van der Waals surface area contributed by atoms with Crippen LogP contribution in [0.1, 0.15) is 39.7 Å². The van der Waals surface area contributed by atoms with Crippen molar-refractivity contribution in [2.75, 3.05) is 13.2 Å². The molecular weight excluding hydrogens is 441 g/mol. The molecule has 168 valence electrons. The maximum Gasteiger partial charge on any atom is 0.306 e. The molecule has 0 spiro atoms. The molecule has 0 aliphatic carbocycles. The lowest BCUT2D eigenvalue weighted by Crippen LogP contribution is -2.46. The molecule has 2 rings (SSSR count). The predicted molar refractivity (Wildman–Crippen MR) is 123 cm³/mol. The molecule has 1 aromatic carbocycles. The second-order valence-electron chi connectivity index (χ2n) is 9.30. The van der Waals surface area contributed by atoms with Crippen molar-refractivity contribution in [3.8, 4) is 0 Å². The van der Waals surface area contributed by atoms with E-state index in [2.05, 4.69) is 33.9 Å². The van der Waals surface area contributed by atoms with Crippen LogP contribution in [0.4, 0.5) is 0 Å². The van der Waals surface area contributed by atoms with Crippen molar-refractivity contribution in [1.29, 1.82) is 0 Å². The molecule has 1 saturated heterocycles. The van der Waals surface area contributed by atoms with Crippen molar-refractivity contribution in [3.05, 3.63) is 35.9 Å². The number of hydrogen-bond donors (Lipinski definition) is 0. The average Bonchev–Trinajstić information content (AvgIpc) is 2.81. The molecule has 0 saturated carbocycles. The van der Waals surface area contributed by atoms with Crippen LogP contribution in [0.2, 0.25) is 18.1 Å². The van der Waals surface area contributed by atoms with Gasteiger partial charge in [0.25, 0.3) is 5.91 Å². The van der Waals surface area contributed by atoms with Gasteiger partial charge in [0.05, 0.1) is 25.7 Å². The van der Waals surface area contributed by atoms with Gasteiger partial charge >= 0.3 is 5.97 Å². The van der Waals surface area contributed by atoms with Gasteiger partial charge in [-0.3, -0.25) is 9.59 Å². The van der Waals surface area contributed by atoms with Crippen molar-refractivity contribution in [3.63, 3.8) is 0 Å². The highest BCUT2D eigenvalue weighted by Crippen LogP contribution is 2.46. The highest BCUT2D eigenvalue weighted by atomic mass is 35.5. The summed E-state index contributed by atoms with van der Waals surface area (Å²) in [5.74, 6) is -1.44. The number of alkyl halides is 2. The topological polar surface area (TPSA) is 55.8 Å². The number of hydrogen-bond acceptors (Lipinski definition) is 4. The first-order valence-electron chi connectivity index (χ1n) is 10.3. The Balaban J connectivity index is 2.34. The Morgan fingerprint density at radius 3 is 2.33 bits per heavy atom. The van der Waals surface area contributed by atoms with E-state index in [1.54, 1.807) is 11.8 Å². The van der Waals surface area contributed by atoms with E-state index in [0.29, 0.717) is 6.54 Å². The lowest BCUT2D eigenvalue weighted by atomic mass is 9.96. The van der Waals surface area contributed by atoms with E-state index in [1.165, 1.54) is 0 Å². The van der Waals surface area contributed by atoms with Crippen LogP contribution in [0.3, 0.4) is 0 Å². The number of carbonyl (C=O) groups is 2. The third-order valence-electron chi connectivity index (χ3n) is 6.19. The molecule has 0 bridgehead atoms. The van der Waals surface area contributed by atoms with Gasteiger partial charge in [-0.2, -0.15) is 0 Å². The number of halogens is 2. The minimum absolute atomic E-state index is 0.00945. The molecule has 0 unspecified atom stereocenters. The first-order valence-corrected chi connectivity index (χ1v) is 14.0. The smallest absolute Gasteiger partial charge is 0.306 e. The fraction of sp³-hybridized carbons (Fsp3) is 0.636. The molecule has 1 fully saturated rings. The van der Waals surface area contributed by atoms with Gasteiger partial charge in [-0.15, -0.1) is 0 Å². The van der Waals surface area contributed by atoms with Crippen LogP contribution in [0.15, 0.2) is 30.3 Å². The van der Waals surface area contributed by atoms with E-state index in [9.17, 15) is 9.59 Å². The Morgan fingerprint density at radius 1 is 1.20 bits per heavy atom. The Kier molecular flexibility index (Phi) is 8.05. The van der Waals surface area contributed by atoms with Crippen molar-refractivity contribution < 1.29 is 18.8 Å². The van der Waals surface area contributed by atoms with Gasteiger partial charge < -0.3 is 14.1 Å². The number of ether oxygens (including phenoxy) is 1. The number of benzene rings is 1. The van der Waals surface area contributed by atoms with E-state index < -0.39 is 36.5 Å². The average molecular weight is 475 g/mol.